The fourth-order valence-electron chi connectivity index (χ4n) is 7.77. The lowest BCUT2D eigenvalue weighted by Gasteiger charge is -2.09. The van der Waals surface area contributed by atoms with Crippen LogP contribution in [0.4, 0.5) is 45.5 Å². The van der Waals surface area contributed by atoms with Gasteiger partial charge in [0.25, 0.3) is 60.7 Å². The summed E-state index contributed by atoms with van der Waals surface area (Å²) in [6.07, 6.45) is 2.29. The Hall–Kier alpha value is -8.12. The van der Waals surface area contributed by atoms with Crippen LogP contribution in [-0.2, 0) is 60.7 Å². The second-order valence-electron chi connectivity index (χ2n) is 17.0. The van der Waals surface area contributed by atoms with Crippen molar-refractivity contribution in [1.29, 1.82) is 0 Å². The van der Waals surface area contributed by atoms with Crippen molar-refractivity contribution in [2.75, 3.05) is 0 Å². The third kappa shape index (κ3) is 13.5. The average Bonchev–Trinajstić information content (AvgIpc) is 3.36. The number of fused-ring (bicyclic) bond motifs is 2. The largest absolute Gasteiger partial charge is 0.295 e. The van der Waals surface area contributed by atoms with Gasteiger partial charge >= 0.3 is 0 Å². The quantitative estimate of drug-likeness (QED) is 0.0297. The predicted octanol–water partition coefficient (Wildman–Crippen LogP) is 11.9. The molecular weight excluding hydrogens is 1170 g/mol. The highest BCUT2D eigenvalue weighted by atomic mass is 32.2. The molecule has 8 aromatic rings. The van der Waals surface area contributed by atoms with Crippen LogP contribution in [0.3, 0.4) is 0 Å². The molecule has 0 bridgehead atoms. The van der Waals surface area contributed by atoms with E-state index in [1.165, 1.54) is 84.9 Å². The van der Waals surface area contributed by atoms with E-state index in [2.05, 4.69) is 40.9 Å². The third-order valence-corrected chi connectivity index (χ3v) is 16.8. The standard InChI is InChI=1S/C48H36N8O18S6/c1-27-19-31(15-17-41(27)55-53-35-21-39-37(47(25-35)79(69,70)71)5-3-7-43(39)75(57,58)59)49-51-33-13-11-29(45(23-33)77(63,64)65)9-10-30-12-14-34(24-46(30)78(66,67)68)52-50-32-16-18-42(28(2)20-32)56-54-36-22-40-38(48(26-36)80(72,73)74)6-4-8-44(40)76(60,61)62/h3-26H,1-2H3,(H,57,58,59)(H,60,61,62)(H,63,64,65)(H,66,67,68)(H,69,70,71)(H,72,73,74)/b10-9+,51-49?,52-50?,55-53?,56-54?. The zero-order chi connectivity index (χ0) is 58.3. The first-order chi connectivity index (χ1) is 37.2. The van der Waals surface area contributed by atoms with E-state index in [0.717, 1.165) is 60.7 Å². The van der Waals surface area contributed by atoms with Gasteiger partial charge in [0.2, 0.25) is 0 Å². The van der Waals surface area contributed by atoms with Gasteiger partial charge in [0.1, 0.15) is 29.4 Å². The number of hydrogen-bond donors (Lipinski definition) is 6. The van der Waals surface area contributed by atoms with Crippen LogP contribution in [0.25, 0.3) is 33.7 Å². The zero-order valence-electron chi connectivity index (χ0n) is 40.5. The fourth-order valence-corrected chi connectivity index (χ4v) is 12.0. The topological polar surface area (TPSA) is 425 Å². The molecule has 0 radical (unpaired) electrons. The van der Waals surface area contributed by atoms with Crippen molar-refractivity contribution in [2.24, 2.45) is 40.9 Å². The van der Waals surface area contributed by atoms with Crippen LogP contribution >= 0.6 is 0 Å². The molecule has 8 aromatic carbocycles. The summed E-state index contributed by atoms with van der Waals surface area (Å²) < 4.78 is 207. The monoisotopic (exact) mass is 1200 g/mol. The first-order valence-electron chi connectivity index (χ1n) is 22.1. The molecule has 0 aliphatic rings. The predicted molar refractivity (Wildman–Crippen MR) is 288 cm³/mol. The van der Waals surface area contributed by atoms with Gasteiger partial charge in [0, 0.05) is 21.5 Å². The summed E-state index contributed by atoms with van der Waals surface area (Å²) in [4.78, 5) is -3.99. The minimum atomic E-state index is -4.96. The number of nitrogens with zero attached hydrogens (tertiary/aromatic N) is 8. The van der Waals surface area contributed by atoms with Gasteiger partial charge in [-0.15, -0.1) is 0 Å². The van der Waals surface area contributed by atoms with Crippen molar-refractivity contribution < 1.29 is 77.8 Å². The van der Waals surface area contributed by atoms with E-state index in [4.69, 9.17) is 0 Å². The van der Waals surface area contributed by atoms with E-state index in [-0.39, 0.29) is 78.2 Å². The van der Waals surface area contributed by atoms with Gasteiger partial charge in [-0.25, -0.2) is 0 Å². The summed E-state index contributed by atoms with van der Waals surface area (Å²) in [7, 11) is -29.4. The van der Waals surface area contributed by atoms with Gasteiger partial charge in [0.15, 0.2) is 0 Å². The summed E-state index contributed by atoms with van der Waals surface area (Å²) in [5.74, 6) is 0. The van der Waals surface area contributed by atoms with E-state index in [9.17, 15) is 77.8 Å². The highest BCUT2D eigenvalue weighted by Crippen LogP contribution is 2.38. The Morgan fingerprint density at radius 1 is 0.287 bits per heavy atom. The van der Waals surface area contributed by atoms with Gasteiger partial charge in [-0.3, -0.25) is 27.3 Å². The Morgan fingerprint density at radius 3 is 0.887 bits per heavy atom. The van der Waals surface area contributed by atoms with Crippen molar-refractivity contribution in [1.82, 2.24) is 0 Å². The Bertz CT molecular complexity index is 4500. The van der Waals surface area contributed by atoms with Crippen molar-refractivity contribution in [3.05, 3.63) is 156 Å². The number of aryl methyl sites for hydroxylation is 2. The number of benzene rings is 8. The van der Waals surface area contributed by atoms with Crippen LogP contribution in [0.1, 0.15) is 22.3 Å². The maximum Gasteiger partial charge on any atom is 0.295 e. The summed E-state index contributed by atoms with van der Waals surface area (Å²) >= 11 is 0. The van der Waals surface area contributed by atoms with E-state index >= 15 is 0 Å². The van der Waals surface area contributed by atoms with Crippen LogP contribution in [0.2, 0.25) is 0 Å². The first kappa shape index (κ1) is 58.0. The molecule has 26 nitrogen and oxygen atoms in total. The van der Waals surface area contributed by atoms with Gasteiger partial charge in [0.05, 0.1) is 45.5 Å². The maximum absolute atomic E-state index is 12.6. The third-order valence-electron chi connectivity index (χ3n) is 11.4. The minimum Gasteiger partial charge on any atom is -0.282 e. The molecule has 8 rings (SSSR count). The summed E-state index contributed by atoms with van der Waals surface area (Å²) in [5, 5.41) is 31.6. The highest BCUT2D eigenvalue weighted by Gasteiger charge is 2.24. The van der Waals surface area contributed by atoms with Crippen molar-refractivity contribution in [2.45, 2.75) is 43.2 Å². The van der Waals surface area contributed by atoms with Crippen LogP contribution in [-0.4, -0.2) is 77.8 Å². The second-order valence-corrected chi connectivity index (χ2v) is 25.3. The molecule has 0 aromatic heterocycles. The van der Waals surface area contributed by atoms with Gasteiger partial charge in [-0.1, -0.05) is 48.6 Å². The van der Waals surface area contributed by atoms with E-state index < -0.39 is 90.1 Å². The average molecular weight is 1210 g/mol. The van der Waals surface area contributed by atoms with Crippen molar-refractivity contribution >= 4 is 140 Å². The number of azo groups is 4. The van der Waals surface area contributed by atoms with Crippen molar-refractivity contribution in [3.63, 3.8) is 0 Å². The van der Waals surface area contributed by atoms with E-state index in [1.807, 2.05) is 0 Å². The molecule has 0 spiro atoms. The molecule has 80 heavy (non-hydrogen) atoms. The zero-order valence-corrected chi connectivity index (χ0v) is 45.4. The van der Waals surface area contributed by atoms with Crippen LogP contribution in [0, 0.1) is 13.8 Å². The molecule has 32 heteroatoms. The van der Waals surface area contributed by atoms with Crippen LogP contribution in [0.15, 0.2) is 204 Å². The summed E-state index contributed by atoms with van der Waals surface area (Å²) in [6.45, 7) is 3.19. The molecule has 0 amide bonds. The Labute approximate surface area is 454 Å². The lowest BCUT2D eigenvalue weighted by atomic mass is 10.1. The fraction of sp³-hybridized carbons (Fsp3) is 0.0417. The number of hydrogen-bond acceptors (Lipinski definition) is 20. The van der Waals surface area contributed by atoms with Crippen LogP contribution in [0.5, 0.6) is 0 Å². The molecule has 0 unspecified atom stereocenters. The summed E-state index contributed by atoms with van der Waals surface area (Å²) in [5.41, 5.74) is 0.933. The lowest BCUT2D eigenvalue weighted by molar-refractivity contribution is 0.480. The molecule has 0 aliphatic carbocycles. The Kier molecular flexibility index (Phi) is 15.8. The first-order valence-corrected chi connectivity index (χ1v) is 30.7. The molecule has 0 saturated carbocycles. The SMILES string of the molecule is Cc1cc(N=Nc2ccc(/C=C/c3ccc(N=Nc4ccc(N=Nc5cc(S(=O)(=O)O)c6cccc(S(=O)(=O)O)c6c5)c(C)c4)cc3S(=O)(=O)O)c(S(=O)(=O)O)c2)ccc1N=Nc1cc(S(=O)(=O)O)c2cccc(S(=O)(=O)O)c2c1. The normalized spacial score (nSPS) is 13.3. The van der Waals surface area contributed by atoms with Gasteiger partial charge in [-0.2, -0.15) is 91.4 Å². The van der Waals surface area contributed by atoms with Crippen LogP contribution < -0.4 is 0 Å². The Balaban J connectivity index is 0.991. The van der Waals surface area contributed by atoms with E-state index in [0.29, 0.717) is 11.1 Å². The molecule has 0 fully saturated rings. The lowest BCUT2D eigenvalue weighted by Crippen LogP contribution is -2.03. The molecular formula is C48H36N8O18S6. The second kappa shape index (κ2) is 21.8. The molecule has 412 valence electrons. The smallest absolute Gasteiger partial charge is 0.282 e. The number of rotatable bonds is 16. The molecule has 0 aliphatic heterocycles. The maximum atomic E-state index is 12.6. The van der Waals surface area contributed by atoms with Gasteiger partial charge < -0.3 is 0 Å². The highest BCUT2D eigenvalue weighted by molar-refractivity contribution is 7.87. The minimum absolute atomic E-state index is 0.0639. The molecule has 6 N–H and O–H groups in total. The molecule has 0 atom stereocenters. The molecule has 0 saturated heterocycles. The molecule has 0 heterocycles. The Morgan fingerprint density at radius 2 is 0.575 bits per heavy atom. The van der Waals surface area contributed by atoms with Gasteiger partial charge in [-0.05, 0) is 133 Å². The van der Waals surface area contributed by atoms with Crippen molar-refractivity contribution in [3.8, 4) is 0 Å². The van der Waals surface area contributed by atoms with E-state index in [1.54, 1.807) is 13.8 Å². The summed E-state index contributed by atoms with van der Waals surface area (Å²) in [6, 6.07) is 26.9.